The summed E-state index contributed by atoms with van der Waals surface area (Å²) in [4.78, 5) is 11.9. The molecule has 3 heteroatoms. The zero-order chi connectivity index (χ0) is 12.7. The maximum atomic E-state index is 11.9. The molecule has 17 heavy (non-hydrogen) atoms. The van der Waals surface area contributed by atoms with Crippen molar-refractivity contribution >= 4 is 5.91 Å². The third-order valence-corrected chi connectivity index (χ3v) is 3.04. The van der Waals surface area contributed by atoms with Crippen molar-refractivity contribution in [3.8, 4) is 5.75 Å². The quantitative estimate of drug-likeness (QED) is 0.823. The van der Waals surface area contributed by atoms with Gasteiger partial charge in [-0.2, -0.15) is 0 Å². The van der Waals surface area contributed by atoms with Crippen molar-refractivity contribution in [2.45, 2.75) is 26.7 Å². The second-order valence-corrected chi connectivity index (χ2v) is 4.12. The van der Waals surface area contributed by atoms with Crippen molar-refractivity contribution in [3.63, 3.8) is 0 Å². The van der Waals surface area contributed by atoms with Crippen molar-refractivity contribution in [1.82, 2.24) is 5.32 Å². The summed E-state index contributed by atoms with van der Waals surface area (Å²) in [6, 6.07) is 7.20. The molecule has 0 aromatic heterocycles. The molecule has 0 heterocycles. The Hall–Kier alpha value is -1.51. The predicted octanol–water partition coefficient (Wildman–Crippen LogP) is 2.86. The van der Waals surface area contributed by atoms with Gasteiger partial charge in [0.05, 0.1) is 7.11 Å². The summed E-state index contributed by atoms with van der Waals surface area (Å²) in [6.07, 6.45) is 2.18. The third-order valence-electron chi connectivity index (χ3n) is 3.04. The Morgan fingerprint density at radius 3 is 2.65 bits per heavy atom. The lowest BCUT2D eigenvalue weighted by Gasteiger charge is -2.13. The van der Waals surface area contributed by atoms with Gasteiger partial charge in [0.2, 0.25) is 0 Å². The normalized spacial score (nSPS) is 10.4. The highest BCUT2D eigenvalue weighted by atomic mass is 16.5. The minimum absolute atomic E-state index is 0.0317. The van der Waals surface area contributed by atoms with Crippen molar-refractivity contribution < 1.29 is 9.53 Å². The van der Waals surface area contributed by atoms with Gasteiger partial charge in [-0.25, -0.2) is 0 Å². The molecule has 1 rings (SSSR count). The predicted molar refractivity (Wildman–Crippen MR) is 69.4 cm³/mol. The topological polar surface area (TPSA) is 38.3 Å². The summed E-state index contributed by atoms with van der Waals surface area (Å²) < 4.78 is 5.09. The van der Waals surface area contributed by atoms with Gasteiger partial charge in [-0.1, -0.05) is 32.8 Å². The average molecular weight is 235 g/mol. The van der Waals surface area contributed by atoms with Gasteiger partial charge in [-0.05, 0) is 24.1 Å². The summed E-state index contributed by atoms with van der Waals surface area (Å²) in [7, 11) is 1.60. The van der Waals surface area contributed by atoms with Crippen LogP contribution in [0.25, 0.3) is 0 Å². The van der Waals surface area contributed by atoms with Crippen LogP contribution in [0.5, 0.6) is 5.75 Å². The molecule has 0 aliphatic carbocycles. The highest BCUT2D eigenvalue weighted by Gasteiger charge is 2.09. The smallest absolute Gasteiger partial charge is 0.251 e. The second kappa shape index (κ2) is 6.94. The van der Waals surface area contributed by atoms with Crippen LogP contribution in [0.15, 0.2) is 24.3 Å². The number of rotatable bonds is 6. The molecule has 0 saturated heterocycles. The zero-order valence-electron chi connectivity index (χ0n) is 10.8. The number of hydrogen-bond donors (Lipinski definition) is 1. The highest BCUT2D eigenvalue weighted by Crippen LogP contribution is 2.12. The van der Waals surface area contributed by atoms with Gasteiger partial charge >= 0.3 is 0 Å². The molecule has 0 fully saturated rings. The molecule has 0 aliphatic rings. The fraction of sp³-hybridized carbons (Fsp3) is 0.500. The number of carbonyl (C=O) groups is 1. The molecule has 0 aliphatic heterocycles. The van der Waals surface area contributed by atoms with E-state index in [4.69, 9.17) is 4.74 Å². The Kier molecular flexibility index (Phi) is 5.53. The number of amides is 1. The van der Waals surface area contributed by atoms with Crippen LogP contribution in [-0.2, 0) is 0 Å². The molecule has 94 valence electrons. The van der Waals surface area contributed by atoms with Crippen LogP contribution >= 0.6 is 0 Å². The lowest BCUT2D eigenvalue weighted by Crippen LogP contribution is -2.28. The Bertz CT molecular complexity index is 359. The molecular weight excluding hydrogens is 214 g/mol. The van der Waals surface area contributed by atoms with E-state index in [9.17, 15) is 4.79 Å². The standard InChI is InChI=1S/C14H21NO2/c1-4-11(5-2)10-15-14(16)12-7-6-8-13(9-12)17-3/h6-9,11H,4-5,10H2,1-3H3,(H,15,16). The van der Waals surface area contributed by atoms with Gasteiger partial charge in [0.1, 0.15) is 5.75 Å². The Morgan fingerprint density at radius 1 is 1.35 bits per heavy atom. The summed E-state index contributed by atoms with van der Waals surface area (Å²) in [5, 5.41) is 2.96. The molecule has 0 saturated carbocycles. The van der Waals surface area contributed by atoms with E-state index in [0.29, 0.717) is 17.2 Å². The van der Waals surface area contributed by atoms with Crippen LogP contribution in [-0.4, -0.2) is 19.6 Å². The van der Waals surface area contributed by atoms with Crippen molar-refractivity contribution in [1.29, 1.82) is 0 Å². The number of hydrogen-bond acceptors (Lipinski definition) is 2. The minimum Gasteiger partial charge on any atom is -0.497 e. The Morgan fingerprint density at radius 2 is 2.06 bits per heavy atom. The summed E-state index contributed by atoms with van der Waals surface area (Å²) >= 11 is 0. The van der Waals surface area contributed by atoms with Crippen LogP contribution in [0.3, 0.4) is 0 Å². The van der Waals surface area contributed by atoms with E-state index >= 15 is 0 Å². The van der Waals surface area contributed by atoms with E-state index < -0.39 is 0 Å². The molecule has 1 aromatic carbocycles. The minimum atomic E-state index is -0.0317. The second-order valence-electron chi connectivity index (χ2n) is 4.12. The van der Waals surface area contributed by atoms with Gasteiger partial charge in [0, 0.05) is 12.1 Å². The maximum absolute atomic E-state index is 11.9. The first-order valence-corrected chi connectivity index (χ1v) is 6.13. The maximum Gasteiger partial charge on any atom is 0.251 e. The average Bonchev–Trinajstić information content (AvgIpc) is 2.39. The lowest BCUT2D eigenvalue weighted by atomic mass is 10.0. The van der Waals surface area contributed by atoms with Crippen LogP contribution < -0.4 is 10.1 Å². The zero-order valence-corrected chi connectivity index (χ0v) is 10.8. The number of ether oxygens (including phenoxy) is 1. The number of nitrogens with one attached hydrogen (secondary N) is 1. The van der Waals surface area contributed by atoms with Crippen molar-refractivity contribution in [2.75, 3.05) is 13.7 Å². The Balaban J connectivity index is 2.57. The molecular formula is C14H21NO2. The molecule has 0 radical (unpaired) electrons. The van der Waals surface area contributed by atoms with E-state index in [1.807, 2.05) is 12.1 Å². The van der Waals surface area contributed by atoms with Crippen molar-refractivity contribution in [3.05, 3.63) is 29.8 Å². The van der Waals surface area contributed by atoms with E-state index in [0.717, 1.165) is 19.4 Å². The third kappa shape index (κ3) is 4.10. The fourth-order valence-electron chi connectivity index (χ4n) is 1.68. The number of carbonyl (C=O) groups excluding carboxylic acids is 1. The molecule has 0 spiro atoms. The fourth-order valence-corrected chi connectivity index (χ4v) is 1.68. The highest BCUT2D eigenvalue weighted by molar-refractivity contribution is 5.94. The van der Waals surface area contributed by atoms with E-state index in [2.05, 4.69) is 19.2 Å². The van der Waals surface area contributed by atoms with Gasteiger partial charge in [-0.15, -0.1) is 0 Å². The summed E-state index contributed by atoms with van der Waals surface area (Å²) in [5.74, 6) is 1.24. The molecule has 3 nitrogen and oxygen atoms in total. The van der Waals surface area contributed by atoms with E-state index in [1.54, 1.807) is 19.2 Å². The molecule has 1 N–H and O–H groups in total. The first kappa shape index (κ1) is 13.6. The van der Waals surface area contributed by atoms with Crippen molar-refractivity contribution in [2.24, 2.45) is 5.92 Å². The van der Waals surface area contributed by atoms with E-state index in [-0.39, 0.29) is 5.91 Å². The van der Waals surface area contributed by atoms with Gasteiger partial charge in [-0.3, -0.25) is 4.79 Å². The lowest BCUT2D eigenvalue weighted by molar-refractivity contribution is 0.0946. The van der Waals surface area contributed by atoms with Crippen LogP contribution in [0, 0.1) is 5.92 Å². The molecule has 1 amide bonds. The number of methoxy groups -OCH3 is 1. The summed E-state index contributed by atoms with van der Waals surface area (Å²) in [5.41, 5.74) is 0.648. The van der Waals surface area contributed by atoms with Crippen LogP contribution in [0.4, 0.5) is 0 Å². The Labute approximate surface area is 103 Å². The SMILES string of the molecule is CCC(CC)CNC(=O)c1cccc(OC)c1. The molecule has 0 bridgehead atoms. The van der Waals surface area contributed by atoms with Gasteiger partial charge in [0.25, 0.3) is 5.91 Å². The van der Waals surface area contributed by atoms with Gasteiger partial charge < -0.3 is 10.1 Å². The first-order valence-electron chi connectivity index (χ1n) is 6.13. The molecule has 0 unspecified atom stereocenters. The van der Waals surface area contributed by atoms with Crippen LogP contribution in [0.1, 0.15) is 37.0 Å². The van der Waals surface area contributed by atoms with Gasteiger partial charge in [0.15, 0.2) is 0 Å². The first-order chi connectivity index (χ1) is 8.21. The molecule has 1 aromatic rings. The monoisotopic (exact) mass is 235 g/mol. The largest absolute Gasteiger partial charge is 0.497 e. The summed E-state index contributed by atoms with van der Waals surface area (Å²) in [6.45, 7) is 5.03. The number of benzene rings is 1. The van der Waals surface area contributed by atoms with Crippen LogP contribution in [0.2, 0.25) is 0 Å². The molecule has 0 atom stereocenters. The van der Waals surface area contributed by atoms with E-state index in [1.165, 1.54) is 0 Å².